The van der Waals surface area contributed by atoms with Gasteiger partial charge < -0.3 is 14.6 Å². The number of halogens is 1. The second-order valence-corrected chi connectivity index (χ2v) is 5.14. The van der Waals surface area contributed by atoms with E-state index in [1.54, 1.807) is 48.5 Å². The number of para-hydroxylation sites is 2. The van der Waals surface area contributed by atoms with Crippen molar-refractivity contribution < 1.29 is 24.2 Å². The van der Waals surface area contributed by atoms with Gasteiger partial charge in [0.15, 0.2) is 13.2 Å². The van der Waals surface area contributed by atoms with Gasteiger partial charge in [0.2, 0.25) is 0 Å². The van der Waals surface area contributed by atoms with Gasteiger partial charge in [-0.15, -0.1) is 0 Å². The molecule has 0 spiro atoms. The molecule has 0 fully saturated rings. The number of carbonyl (C=O) groups is 2. The van der Waals surface area contributed by atoms with Crippen LogP contribution in [0.2, 0.25) is 5.02 Å². The van der Waals surface area contributed by atoms with Crippen LogP contribution in [0.3, 0.4) is 0 Å². The highest BCUT2D eigenvalue weighted by atomic mass is 35.5. The van der Waals surface area contributed by atoms with Crippen molar-refractivity contribution in [1.29, 1.82) is 0 Å². The van der Waals surface area contributed by atoms with Gasteiger partial charge in [-0.1, -0.05) is 35.9 Å². The van der Waals surface area contributed by atoms with E-state index in [1.807, 2.05) is 0 Å². The van der Waals surface area contributed by atoms with Crippen molar-refractivity contribution in [2.45, 2.75) is 0 Å². The molecule has 25 heavy (non-hydrogen) atoms. The number of nitrogens with zero attached hydrogens (tertiary/aromatic N) is 1. The standard InChI is InChI=1S/C17H15ClN2O5/c18-13-6-2-4-8-15(13)24-10-16(21)20-19-9-12-5-1-3-7-14(12)25-11-17(22)23/h1-9H,10-11H2,(H,20,21)(H,22,23). The highest BCUT2D eigenvalue weighted by Crippen LogP contribution is 2.22. The fourth-order valence-corrected chi connectivity index (χ4v) is 1.96. The largest absolute Gasteiger partial charge is 0.482 e. The van der Waals surface area contributed by atoms with Gasteiger partial charge in [0, 0.05) is 5.56 Å². The van der Waals surface area contributed by atoms with Crippen molar-refractivity contribution in [3.63, 3.8) is 0 Å². The average molecular weight is 363 g/mol. The first-order valence-electron chi connectivity index (χ1n) is 7.19. The summed E-state index contributed by atoms with van der Waals surface area (Å²) in [5, 5.41) is 12.9. The Morgan fingerprint density at radius 1 is 1.04 bits per heavy atom. The summed E-state index contributed by atoms with van der Waals surface area (Å²) in [6.45, 7) is -0.721. The molecule has 1 amide bonds. The van der Waals surface area contributed by atoms with Crippen LogP contribution in [0.5, 0.6) is 11.5 Å². The minimum Gasteiger partial charge on any atom is -0.482 e. The third-order valence-electron chi connectivity index (χ3n) is 2.86. The third-order valence-corrected chi connectivity index (χ3v) is 3.17. The van der Waals surface area contributed by atoms with Gasteiger partial charge in [0.25, 0.3) is 5.91 Å². The van der Waals surface area contributed by atoms with Crippen LogP contribution in [0.4, 0.5) is 0 Å². The maximum Gasteiger partial charge on any atom is 0.341 e. The molecule has 0 saturated carbocycles. The zero-order valence-electron chi connectivity index (χ0n) is 13.0. The molecule has 2 rings (SSSR count). The Balaban J connectivity index is 1.87. The van der Waals surface area contributed by atoms with Crippen molar-refractivity contribution >= 4 is 29.7 Å². The van der Waals surface area contributed by atoms with E-state index < -0.39 is 18.5 Å². The molecule has 0 aliphatic heterocycles. The van der Waals surface area contributed by atoms with Gasteiger partial charge in [-0.05, 0) is 24.3 Å². The maximum absolute atomic E-state index is 11.7. The van der Waals surface area contributed by atoms with E-state index in [2.05, 4.69) is 10.5 Å². The molecule has 0 aromatic heterocycles. The van der Waals surface area contributed by atoms with Gasteiger partial charge in [0.05, 0.1) is 11.2 Å². The van der Waals surface area contributed by atoms with Crippen LogP contribution in [-0.2, 0) is 9.59 Å². The maximum atomic E-state index is 11.7. The van der Waals surface area contributed by atoms with Crippen LogP contribution in [0.15, 0.2) is 53.6 Å². The molecule has 130 valence electrons. The first-order valence-corrected chi connectivity index (χ1v) is 7.57. The predicted octanol–water partition coefficient (Wildman–Crippen LogP) is 2.33. The highest BCUT2D eigenvalue weighted by Gasteiger charge is 2.06. The van der Waals surface area contributed by atoms with Crippen molar-refractivity contribution in [2.75, 3.05) is 13.2 Å². The van der Waals surface area contributed by atoms with Gasteiger partial charge in [-0.3, -0.25) is 4.79 Å². The summed E-state index contributed by atoms with van der Waals surface area (Å²) in [5.74, 6) is -0.817. The van der Waals surface area contributed by atoms with E-state index in [0.29, 0.717) is 22.1 Å². The summed E-state index contributed by atoms with van der Waals surface area (Å²) < 4.78 is 10.4. The molecule has 0 bridgehead atoms. The molecule has 0 saturated heterocycles. The predicted molar refractivity (Wildman–Crippen MR) is 92.3 cm³/mol. The van der Waals surface area contributed by atoms with E-state index in [-0.39, 0.29) is 6.61 Å². The van der Waals surface area contributed by atoms with Gasteiger partial charge in [-0.2, -0.15) is 5.10 Å². The third kappa shape index (κ3) is 6.15. The summed E-state index contributed by atoms with van der Waals surface area (Å²) in [6, 6.07) is 13.5. The summed E-state index contributed by atoms with van der Waals surface area (Å²) in [4.78, 5) is 22.3. The number of carbonyl (C=O) groups excluding carboxylic acids is 1. The van der Waals surface area contributed by atoms with Gasteiger partial charge in [-0.25, -0.2) is 10.2 Å². The Bertz CT molecular complexity index is 779. The fourth-order valence-electron chi connectivity index (χ4n) is 1.77. The second kappa shape index (κ2) is 9.29. The van der Waals surface area contributed by atoms with Crippen LogP contribution in [0.1, 0.15) is 5.56 Å². The Labute approximate surface area is 148 Å². The molecule has 0 unspecified atom stereocenters. The normalized spacial score (nSPS) is 10.4. The zero-order chi connectivity index (χ0) is 18.1. The minimum absolute atomic E-state index is 0.252. The number of hydrogen-bond acceptors (Lipinski definition) is 5. The van der Waals surface area contributed by atoms with Crippen LogP contribution in [0, 0.1) is 0 Å². The molecule has 2 N–H and O–H groups in total. The lowest BCUT2D eigenvalue weighted by atomic mass is 10.2. The number of benzene rings is 2. The quantitative estimate of drug-likeness (QED) is 0.555. The Morgan fingerprint density at radius 2 is 1.68 bits per heavy atom. The molecule has 0 aliphatic rings. The minimum atomic E-state index is -1.09. The van der Waals surface area contributed by atoms with Crippen LogP contribution in [-0.4, -0.2) is 36.4 Å². The average Bonchev–Trinajstić information content (AvgIpc) is 2.60. The molecular formula is C17H15ClN2O5. The molecule has 2 aromatic rings. The van der Waals surface area contributed by atoms with E-state index in [4.69, 9.17) is 26.2 Å². The molecule has 0 radical (unpaired) electrons. The number of carboxylic acid groups (broad SMARTS) is 1. The van der Waals surface area contributed by atoms with E-state index >= 15 is 0 Å². The fraction of sp³-hybridized carbons (Fsp3) is 0.118. The van der Waals surface area contributed by atoms with E-state index in [0.717, 1.165) is 0 Å². The number of rotatable bonds is 8. The van der Waals surface area contributed by atoms with Crippen molar-refractivity contribution in [3.05, 3.63) is 59.1 Å². The van der Waals surface area contributed by atoms with Crippen LogP contribution in [0.25, 0.3) is 0 Å². The smallest absolute Gasteiger partial charge is 0.341 e. The van der Waals surface area contributed by atoms with Gasteiger partial charge in [0.1, 0.15) is 11.5 Å². The molecule has 7 nitrogen and oxygen atoms in total. The van der Waals surface area contributed by atoms with Crippen molar-refractivity contribution in [2.24, 2.45) is 5.10 Å². The topological polar surface area (TPSA) is 97.2 Å². The van der Waals surface area contributed by atoms with Crippen molar-refractivity contribution in [3.8, 4) is 11.5 Å². The zero-order valence-corrected chi connectivity index (χ0v) is 13.8. The lowest BCUT2D eigenvalue weighted by Gasteiger charge is -2.07. The first-order chi connectivity index (χ1) is 12.1. The summed E-state index contributed by atoms with van der Waals surface area (Å²) in [6.07, 6.45) is 1.35. The summed E-state index contributed by atoms with van der Waals surface area (Å²) in [5.41, 5.74) is 2.83. The Morgan fingerprint density at radius 3 is 2.40 bits per heavy atom. The SMILES string of the molecule is O=C(O)COc1ccccc1C=NNC(=O)COc1ccccc1Cl. The Kier molecular flexibility index (Phi) is 6.79. The summed E-state index contributed by atoms with van der Waals surface area (Å²) >= 11 is 5.92. The first kappa shape index (κ1) is 18.3. The van der Waals surface area contributed by atoms with E-state index in [9.17, 15) is 9.59 Å². The molecule has 8 heteroatoms. The van der Waals surface area contributed by atoms with Crippen LogP contribution >= 0.6 is 11.6 Å². The Hall–Kier alpha value is -3.06. The van der Waals surface area contributed by atoms with Crippen LogP contribution < -0.4 is 14.9 Å². The number of aliphatic carboxylic acids is 1. The number of hydrogen-bond donors (Lipinski definition) is 2. The lowest BCUT2D eigenvalue weighted by molar-refractivity contribution is -0.139. The molecule has 0 aliphatic carbocycles. The second-order valence-electron chi connectivity index (χ2n) is 4.73. The molecule has 0 atom stereocenters. The number of nitrogens with one attached hydrogen (secondary N) is 1. The highest BCUT2D eigenvalue weighted by molar-refractivity contribution is 6.32. The summed E-state index contributed by atoms with van der Waals surface area (Å²) in [7, 11) is 0. The molecular weight excluding hydrogens is 348 g/mol. The van der Waals surface area contributed by atoms with Gasteiger partial charge >= 0.3 is 5.97 Å². The number of hydrazone groups is 1. The number of amides is 1. The monoisotopic (exact) mass is 362 g/mol. The molecule has 2 aromatic carbocycles. The number of ether oxygens (including phenoxy) is 2. The number of carboxylic acids is 1. The van der Waals surface area contributed by atoms with E-state index in [1.165, 1.54) is 6.21 Å². The lowest BCUT2D eigenvalue weighted by Crippen LogP contribution is -2.24. The van der Waals surface area contributed by atoms with Crippen molar-refractivity contribution in [1.82, 2.24) is 5.43 Å². The molecule has 0 heterocycles.